The van der Waals surface area contributed by atoms with E-state index in [0.717, 1.165) is 26.2 Å². The van der Waals surface area contributed by atoms with Crippen LogP contribution in [0.5, 0.6) is 0 Å². The van der Waals surface area contributed by atoms with Crippen LogP contribution in [0.15, 0.2) is 0 Å². The van der Waals surface area contributed by atoms with Gasteiger partial charge >= 0.3 is 0 Å². The second kappa shape index (κ2) is 7.31. The summed E-state index contributed by atoms with van der Waals surface area (Å²) in [6.45, 7) is 12.5. The Bertz CT molecular complexity index is 210. The molecule has 102 valence electrons. The standard InChI is InChI=1S/C13H28N2O2/c1-10(2)13(9-16)14-7-12-8-15(11(3)4)5-6-17-12/h10-14,16H,5-9H2,1-4H3/t12?,13-/m1/s1. The van der Waals surface area contributed by atoms with Crippen molar-refractivity contribution < 1.29 is 9.84 Å². The molecule has 0 aliphatic carbocycles. The first-order chi connectivity index (χ1) is 8.04. The van der Waals surface area contributed by atoms with Gasteiger partial charge in [0.15, 0.2) is 0 Å². The van der Waals surface area contributed by atoms with Crippen molar-refractivity contribution in [3.05, 3.63) is 0 Å². The van der Waals surface area contributed by atoms with Crippen LogP contribution in [0.25, 0.3) is 0 Å². The van der Waals surface area contributed by atoms with Gasteiger partial charge in [0.1, 0.15) is 0 Å². The van der Waals surface area contributed by atoms with E-state index in [2.05, 4.69) is 37.9 Å². The van der Waals surface area contributed by atoms with Crippen LogP contribution in [0.4, 0.5) is 0 Å². The summed E-state index contributed by atoms with van der Waals surface area (Å²) in [5, 5.41) is 12.6. The van der Waals surface area contributed by atoms with Crippen LogP contribution >= 0.6 is 0 Å². The zero-order chi connectivity index (χ0) is 12.8. The third-order valence-corrected chi connectivity index (χ3v) is 3.51. The quantitative estimate of drug-likeness (QED) is 0.722. The van der Waals surface area contributed by atoms with Crippen LogP contribution in [0.1, 0.15) is 27.7 Å². The maximum atomic E-state index is 9.25. The molecule has 2 atom stereocenters. The Balaban J connectivity index is 2.31. The molecule has 0 saturated carbocycles. The predicted octanol–water partition coefficient (Wildman–Crippen LogP) is 0.702. The molecule has 1 unspecified atom stereocenters. The molecular formula is C13H28N2O2. The number of rotatable bonds is 6. The summed E-state index contributed by atoms with van der Waals surface area (Å²) in [6, 6.07) is 0.758. The number of aliphatic hydroxyl groups is 1. The lowest BCUT2D eigenvalue weighted by Crippen LogP contribution is -2.51. The summed E-state index contributed by atoms with van der Waals surface area (Å²) in [5.41, 5.74) is 0. The third kappa shape index (κ3) is 4.92. The third-order valence-electron chi connectivity index (χ3n) is 3.51. The zero-order valence-corrected chi connectivity index (χ0v) is 11.6. The Kier molecular flexibility index (Phi) is 6.41. The van der Waals surface area contributed by atoms with Gasteiger partial charge in [0.25, 0.3) is 0 Å². The van der Waals surface area contributed by atoms with Crippen molar-refractivity contribution in [1.29, 1.82) is 0 Å². The number of morpholine rings is 1. The highest BCUT2D eigenvalue weighted by atomic mass is 16.5. The van der Waals surface area contributed by atoms with Crippen LogP contribution < -0.4 is 5.32 Å². The van der Waals surface area contributed by atoms with Gasteiger partial charge in [0, 0.05) is 31.7 Å². The first kappa shape index (κ1) is 14.9. The van der Waals surface area contributed by atoms with Gasteiger partial charge in [0.2, 0.25) is 0 Å². The summed E-state index contributed by atoms with van der Waals surface area (Å²) < 4.78 is 5.75. The minimum atomic E-state index is 0.174. The molecule has 1 fully saturated rings. The molecule has 1 saturated heterocycles. The summed E-state index contributed by atoms with van der Waals surface area (Å²) in [4.78, 5) is 2.44. The van der Waals surface area contributed by atoms with Crippen LogP contribution in [0.2, 0.25) is 0 Å². The van der Waals surface area contributed by atoms with Crippen molar-refractivity contribution in [3.63, 3.8) is 0 Å². The minimum absolute atomic E-state index is 0.174. The summed E-state index contributed by atoms with van der Waals surface area (Å²) in [6.07, 6.45) is 0.249. The zero-order valence-electron chi connectivity index (χ0n) is 11.6. The SMILES string of the molecule is CC(C)[C@@H](CO)NCC1CN(C(C)C)CCO1. The number of hydrogen-bond acceptors (Lipinski definition) is 4. The molecule has 0 aromatic rings. The second-order valence-electron chi connectivity index (χ2n) is 5.52. The van der Waals surface area contributed by atoms with E-state index >= 15 is 0 Å². The molecule has 0 bridgehead atoms. The van der Waals surface area contributed by atoms with Crippen molar-refractivity contribution in [2.45, 2.75) is 45.9 Å². The van der Waals surface area contributed by atoms with Crippen LogP contribution in [-0.4, -0.2) is 61.0 Å². The number of aliphatic hydroxyl groups excluding tert-OH is 1. The summed E-state index contributed by atoms with van der Waals surface area (Å²) in [5.74, 6) is 0.449. The van der Waals surface area contributed by atoms with Gasteiger partial charge in [-0.05, 0) is 19.8 Å². The molecule has 1 heterocycles. The summed E-state index contributed by atoms with van der Waals surface area (Å²) >= 11 is 0. The number of nitrogens with one attached hydrogen (secondary N) is 1. The Labute approximate surface area is 105 Å². The molecule has 0 aromatic carbocycles. The second-order valence-corrected chi connectivity index (χ2v) is 5.52. The predicted molar refractivity (Wildman–Crippen MR) is 70.2 cm³/mol. The van der Waals surface area contributed by atoms with Gasteiger partial charge in [-0.15, -0.1) is 0 Å². The van der Waals surface area contributed by atoms with Crippen LogP contribution in [-0.2, 0) is 4.74 Å². The molecule has 1 aliphatic rings. The molecule has 4 nitrogen and oxygen atoms in total. The smallest absolute Gasteiger partial charge is 0.0826 e. The van der Waals surface area contributed by atoms with E-state index in [1.54, 1.807) is 0 Å². The van der Waals surface area contributed by atoms with Gasteiger partial charge in [0.05, 0.1) is 19.3 Å². The fraction of sp³-hybridized carbons (Fsp3) is 1.00. The van der Waals surface area contributed by atoms with Crippen molar-refractivity contribution in [3.8, 4) is 0 Å². The lowest BCUT2D eigenvalue weighted by Gasteiger charge is -2.36. The Morgan fingerprint density at radius 2 is 2.06 bits per heavy atom. The average molecular weight is 244 g/mol. The van der Waals surface area contributed by atoms with Crippen molar-refractivity contribution in [2.75, 3.05) is 32.8 Å². The Hall–Kier alpha value is -0.160. The number of ether oxygens (including phenoxy) is 1. The van der Waals surface area contributed by atoms with E-state index in [1.165, 1.54) is 0 Å². The molecule has 0 spiro atoms. The molecule has 4 heteroatoms. The lowest BCUT2D eigenvalue weighted by molar-refractivity contribution is -0.0393. The lowest BCUT2D eigenvalue weighted by atomic mass is 10.1. The molecule has 0 radical (unpaired) electrons. The fourth-order valence-corrected chi connectivity index (χ4v) is 2.13. The largest absolute Gasteiger partial charge is 0.395 e. The minimum Gasteiger partial charge on any atom is -0.395 e. The molecule has 17 heavy (non-hydrogen) atoms. The van der Waals surface area contributed by atoms with Gasteiger partial charge in [-0.1, -0.05) is 13.8 Å². The van der Waals surface area contributed by atoms with E-state index in [-0.39, 0.29) is 18.8 Å². The molecule has 0 amide bonds. The molecule has 1 aliphatic heterocycles. The normalized spacial score (nSPS) is 24.5. The van der Waals surface area contributed by atoms with Crippen molar-refractivity contribution in [1.82, 2.24) is 10.2 Å². The van der Waals surface area contributed by atoms with Crippen molar-refractivity contribution >= 4 is 0 Å². The first-order valence-corrected chi connectivity index (χ1v) is 6.74. The number of hydrogen-bond donors (Lipinski definition) is 2. The monoisotopic (exact) mass is 244 g/mol. The Morgan fingerprint density at radius 1 is 1.35 bits per heavy atom. The maximum Gasteiger partial charge on any atom is 0.0826 e. The fourth-order valence-electron chi connectivity index (χ4n) is 2.13. The average Bonchev–Trinajstić information content (AvgIpc) is 2.29. The first-order valence-electron chi connectivity index (χ1n) is 6.74. The Morgan fingerprint density at radius 3 is 2.59 bits per heavy atom. The summed E-state index contributed by atoms with van der Waals surface area (Å²) in [7, 11) is 0. The molecule has 2 N–H and O–H groups in total. The molecule has 0 aromatic heterocycles. The highest BCUT2D eigenvalue weighted by molar-refractivity contribution is 4.78. The highest BCUT2D eigenvalue weighted by Crippen LogP contribution is 2.09. The molecule has 1 rings (SSSR count). The van der Waals surface area contributed by atoms with Crippen LogP contribution in [0, 0.1) is 5.92 Å². The van der Waals surface area contributed by atoms with Crippen LogP contribution in [0.3, 0.4) is 0 Å². The van der Waals surface area contributed by atoms with Gasteiger partial charge in [-0.3, -0.25) is 4.90 Å². The van der Waals surface area contributed by atoms with Gasteiger partial charge in [-0.25, -0.2) is 0 Å². The number of nitrogens with zero attached hydrogens (tertiary/aromatic N) is 1. The van der Waals surface area contributed by atoms with E-state index in [4.69, 9.17) is 4.74 Å². The molecular weight excluding hydrogens is 216 g/mol. The van der Waals surface area contributed by atoms with Gasteiger partial charge in [-0.2, -0.15) is 0 Å². The van der Waals surface area contributed by atoms with Gasteiger partial charge < -0.3 is 15.2 Å². The topological polar surface area (TPSA) is 44.7 Å². The van der Waals surface area contributed by atoms with E-state index < -0.39 is 0 Å². The maximum absolute atomic E-state index is 9.25. The van der Waals surface area contributed by atoms with Crippen molar-refractivity contribution in [2.24, 2.45) is 5.92 Å². The highest BCUT2D eigenvalue weighted by Gasteiger charge is 2.23. The van der Waals surface area contributed by atoms with E-state index in [0.29, 0.717) is 12.0 Å². The van der Waals surface area contributed by atoms with E-state index in [1.807, 2.05) is 0 Å². The van der Waals surface area contributed by atoms with E-state index in [9.17, 15) is 5.11 Å².